The number of pyridine rings is 1. The predicted molar refractivity (Wildman–Crippen MR) is 106 cm³/mol. The van der Waals surface area contributed by atoms with Crippen LogP contribution >= 0.6 is 0 Å². The van der Waals surface area contributed by atoms with Crippen LogP contribution in [0.2, 0.25) is 0 Å². The fourth-order valence-corrected chi connectivity index (χ4v) is 2.93. The minimum atomic E-state index is -0.365. The number of benzene rings is 1. The van der Waals surface area contributed by atoms with Gasteiger partial charge in [0.25, 0.3) is 11.8 Å². The Bertz CT molecular complexity index is 828. The SMILES string of the molecule is C/C(=N/NC(=O)c1ccccn1)c1ccc(OCC(=O)N2CCCCC2)cc1. The van der Waals surface area contributed by atoms with Crippen molar-refractivity contribution in [3.05, 3.63) is 59.9 Å². The van der Waals surface area contributed by atoms with Gasteiger partial charge in [0.15, 0.2) is 6.61 Å². The van der Waals surface area contributed by atoms with Gasteiger partial charge in [-0.2, -0.15) is 5.10 Å². The van der Waals surface area contributed by atoms with E-state index in [-0.39, 0.29) is 18.4 Å². The summed E-state index contributed by atoms with van der Waals surface area (Å²) in [7, 11) is 0. The van der Waals surface area contributed by atoms with Crippen LogP contribution in [0.3, 0.4) is 0 Å². The van der Waals surface area contributed by atoms with Crippen molar-refractivity contribution in [2.45, 2.75) is 26.2 Å². The summed E-state index contributed by atoms with van der Waals surface area (Å²) in [4.78, 5) is 30.0. The second kappa shape index (κ2) is 9.64. The molecule has 0 bridgehead atoms. The van der Waals surface area contributed by atoms with E-state index in [0.717, 1.165) is 31.5 Å². The Balaban J connectivity index is 1.51. The molecule has 1 N–H and O–H groups in total. The average Bonchev–Trinajstić information content (AvgIpc) is 2.77. The van der Waals surface area contributed by atoms with Gasteiger partial charge >= 0.3 is 0 Å². The molecule has 1 aromatic carbocycles. The van der Waals surface area contributed by atoms with Crippen LogP contribution in [0.5, 0.6) is 5.75 Å². The highest BCUT2D eigenvalue weighted by Crippen LogP contribution is 2.14. The van der Waals surface area contributed by atoms with E-state index in [1.54, 1.807) is 43.5 Å². The molecule has 146 valence electrons. The second-order valence-corrected chi connectivity index (χ2v) is 6.61. The van der Waals surface area contributed by atoms with Gasteiger partial charge in [-0.05, 0) is 68.1 Å². The summed E-state index contributed by atoms with van der Waals surface area (Å²) in [5.41, 5.74) is 4.30. The molecule has 1 aliphatic heterocycles. The maximum Gasteiger partial charge on any atom is 0.289 e. The molecule has 2 amide bonds. The highest BCUT2D eigenvalue weighted by atomic mass is 16.5. The normalized spacial score (nSPS) is 14.5. The molecule has 0 saturated carbocycles. The summed E-state index contributed by atoms with van der Waals surface area (Å²) in [6, 6.07) is 12.4. The lowest BCUT2D eigenvalue weighted by Gasteiger charge is -2.26. The number of hydrogen-bond donors (Lipinski definition) is 1. The standard InChI is InChI=1S/C21H24N4O3/c1-16(23-24-21(27)19-7-3-4-12-22-19)17-8-10-18(11-9-17)28-15-20(26)25-13-5-2-6-14-25/h3-4,7-12H,2,5-6,13-15H2,1H3,(H,24,27)/b23-16-. The minimum Gasteiger partial charge on any atom is -0.484 e. The second-order valence-electron chi connectivity index (χ2n) is 6.61. The number of hydrazone groups is 1. The first kappa shape index (κ1) is 19.5. The third kappa shape index (κ3) is 5.39. The van der Waals surface area contributed by atoms with Crippen molar-refractivity contribution < 1.29 is 14.3 Å². The molecule has 28 heavy (non-hydrogen) atoms. The highest BCUT2D eigenvalue weighted by Gasteiger charge is 2.16. The van der Waals surface area contributed by atoms with Gasteiger partial charge in [0.2, 0.25) is 0 Å². The van der Waals surface area contributed by atoms with Crippen molar-refractivity contribution in [3.63, 3.8) is 0 Å². The van der Waals surface area contributed by atoms with Gasteiger partial charge in [-0.15, -0.1) is 0 Å². The number of nitrogens with zero attached hydrogens (tertiary/aromatic N) is 3. The monoisotopic (exact) mass is 380 g/mol. The molecule has 1 saturated heterocycles. The molecule has 2 aromatic rings. The summed E-state index contributed by atoms with van der Waals surface area (Å²) in [6.45, 7) is 3.49. The first-order chi connectivity index (χ1) is 13.6. The smallest absolute Gasteiger partial charge is 0.289 e. The number of carbonyl (C=O) groups is 2. The van der Waals surface area contributed by atoms with Crippen LogP contribution in [-0.2, 0) is 4.79 Å². The van der Waals surface area contributed by atoms with Crippen LogP contribution in [0, 0.1) is 0 Å². The number of nitrogens with one attached hydrogen (secondary N) is 1. The van der Waals surface area contributed by atoms with Gasteiger partial charge in [-0.3, -0.25) is 14.6 Å². The first-order valence-electron chi connectivity index (χ1n) is 9.40. The Kier molecular flexibility index (Phi) is 6.73. The van der Waals surface area contributed by atoms with E-state index in [2.05, 4.69) is 15.5 Å². The molecule has 0 radical (unpaired) electrons. The molecular weight excluding hydrogens is 356 g/mol. The van der Waals surface area contributed by atoms with Crippen molar-refractivity contribution in [2.24, 2.45) is 5.10 Å². The Morgan fingerprint density at radius 1 is 1.11 bits per heavy atom. The molecule has 7 heteroatoms. The number of likely N-dealkylation sites (tertiary alicyclic amines) is 1. The number of piperidine rings is 1. The van der Waals surface area contributed by atoms with Gasteiger partial charge in [0.1, 0.15) is 11.4 Å². The van der Waals surface area contributed by atoms with Crippen molar-refractivity contribution >= 4 is 17.5 Å². The summed E-state index contributed by atoms with van der Waals surface area (Å²) < 4.78 is 5.60. The fourth-order valence-electron chi connectivity index (χ4n) is 2.93. The first-order valence-corrected chi connectivity index (χ1v) is 9.40. The summed E-state index contributed by atoms with van der Waals surface area (Å²) in [5.74, 6) is 0.286. The molecule has 7 nitrogen and oxygen atoms in total. The summed E-state index contributed by atoms with van der Waals surface area (Å²) in [5, 5.41) is 4.11. The molecule has 0 atom stereocenters. The van der Waals surface area contributed by atoms with Crippen LogP contribution in [0.1, 0.15) is 42.2 Å². The van der Waals surface area contributed by atoms with Crippen LogP contribution in [0.25, 0.3) is 0 Å². The molecule has 0 unspecified atom stereocenters. The molecule has 0 spiro atoms. The van der Waals surface area contributed by atoms with Crippen LogP contribution in [-0.4, -0.2) is 47.1 Å². The van der Waals surface area contributed by atoms with Crippen molar-refractivity contribution in [3.8, 4) is 5.75 Å². The highest BCUT2D eigenvalue weighted by molar-refractivity contribution is 6.00. The van der Waals surface area contributed by atoms with Gasteiger partial charge in [-0.25, -0.2) is 5.43 Å². The predicted octanol–water partition coefficient (Wildman–Crippen LogP) is 2.63. The van der Waals surface area contributed by atoms with Crippen LogP contribution in [0.4, 0.5) is 0 Å². The summed E-state index contributed by atoms with van der Waals surface area (Å²) in [6.07, 6.45) is 4.88. The molecule has 1 aliphatic rings. The Hall–Kier alpha value is -3.22. The molecule has 3 rings (SSSR count). The van der Waals surface area contributed by atoms with E-state index >= 15 is 0 Å². The van der Waals surface area contributed by atoms with Crippen molar-refractivity contribution in [2.75, 3.05) is 19.7 Å². The minimum absolute atomic E-state index is 0.0266. The zero-order valence-corrected chi connectivity index (χ0v) is 15.9. The maximum absolute atomic E-state index is 12.1. The molecule has 0 aliphatic carbocycles. The van der Waals surface area contributed by atoms with E-state index < -0.39 is 0 Å². The quantitative estimate of drug-likeness (QED) is 0.617. The van der Waals surface area contributed by atoms with Gasteiger partial charge in [0, 0.05) is 19.3 Å². The van der Waals surface area contributed by atoms with Crippen LogP contribution in [0.15, 0.2) is 53.8 Å². The topological polar surface area (TPSA) is 83.9 Å². The number of aromatic nitrogens is 1. The zero-order valence-electron chi connectivity index (χ0n) is 15.9. The number of carbonyl (C=O) groups excluding carboxylic acids is 2. The Labute approximate surface area is 164 Å². The average molecular weight is 380 g/mol. The number of amides is 2. The van der Waals surface area contributed by atoms with E-state index in [9.17, 15) is 9.59 Å². The van der Waals surface area contributed by atoms with Gasteiger partial charge < -0.3 is 9.64 Å². The molecule has 1 aromatic heterocycles. The lowest BCUT2D eigenvalue weighted by atomic mass is 10.1. The third-order valence-corrected chi connectivity index (χ3v) is 4.57. The lowest BCUT2D eigenvalue weighted by Crippen LogP contribution is -2.38. The van der Waals surface area contributed by atoms with E-state index in [1.165, 1.54) is 6.42 Å². The number of ether oxygens (including phenoxy) is 1. The van der Waals surface area contributed by atoms with Gasteiger partial charge in [-0.1, -0.05) is 6.07 Å². The lowest BCUT2D eigenvalue weighted by molar-refractivity contribution is -0.134. The van der Waals surface area contributed by atoms with Crippen molar-refractivity contribution in [1.29, 1.82) is 0 Å². The molecular formula is C21H24N4O3. The summed E-state index contributed by atoms with van der Waals surface area (Å²) >= 11 is 0. The van der Waals surface area contributed by atoms with E-state index in [0.29, 0.717) is 17.2 Å². The largest absolute Gasteiger partial charge is 0.484 e. The molecule has 1 fully saturated rings. The zero-order chi connectivity index (χ0) is 19.8. The molecule has 2 heterocycles. The van der Waals surface area contributed by atoms with E-state index in [4.69, 9.17) is 4.74 Å². The Morgan fingerprint density at radius 2 is 1.86 bits per heavy atom. The third-order valence-electron chi connectivity index (χ3n) is 4.57. The van der Waals surface area contributed by atoms with E-state index in [1.807, 2.05) is 17.0 Å². The van der Waals surface area contributed by atoms with Gasteiger partial charge in [0.05, 0.1) is 5.71 Å². The maximum atomic E-state index is 12.1. The number of rotatable bonds is 6. The van der Waals surface area contributed by atoms with Crippen LogP contribution < -0.4 is 10.2 Å². The Morgan fingerprint density at radius 3 is 2.54 bits per heavy atom. The van der Waals surface area contributed by atoms with Crippen molar-refractivity contribution in [1.82, 2.24) is 15.3 Å². The fraction of sp³-hybridized carbons (Fsp3) is 0.333. The number of hydrogen-bond acceptors (Lipinski definition) is 5.